The molecule has 0 bridgehead atoms. The molecule has 3 aromatic heterocycles. The molecule has 2 atom stereocenters. The molecule has 0 aliphatic heterocycles. The summed E-state index contributed by atoms with van der Waals surface area (Å²) in [7, 11) is 0. The van der Waals surface area contributed by atoms with Gasteiger partial charge < -0.3 is 16.2 Å². The van der Waals surface area contributed by atoms with Crippen LogP contribution in [0.25, 0.3) is 16.8 Å². The lowest BCUT2D eigenvalue weighted by atomic mass is 9.96. The van der Waals surface area contributed by atoms with E-state index in [1.807, 2.05) is 10.9 Å². The number of halogens is 1. The fourth-order valence-corrected chi connectivity index (χ4v) is 3.82. The Morgan fingerprint density at radius 2 is 1.91 bits per heavy atom. The SMILES string of the molecule is CC(C)[C@@H](c1ccc(F)cc1)n1cc(-c2cc(C(=O)N[C@@H](C)CO)c3nc(N)nn3c2)cn1. The molecule has 1 amide bonds. The zero-order chi connectivity index (χ0) is 23.7. The molecule has 0 saturated carbocycles. The summed E-state index contributed by atoms with van der Waals surface area (Å²) >= 11 is 0. The molecule has 4 aromatic rings. The Hall–Kier alpha value is -3.79. The highest BCUT2D eigenvalue weighted by Gasteiger charge is 2.21. The van der Waals surface area contributed by atoms with Crippen LogP contribution in [0.15, 0.2) is 48.9 Å². The highest BCUT2D eigenvalue weighted by Crippen LogP contribution is 2.29. The smallest absolute Gasteiger partial charge is 0.255 e. The average molecular weight is 452 g/mol. The summed E-state index contributed by atoms with van der Waals surface area (Å²) in [6.45, 7) is 5.65. The molecular formula is C23H26FN7O2. The van der Waals surface area contributed by atoms with E-state index < -0.39 is 11.9 Å². The van der Waals surface area contributed by atoms with Gasteiger partial charge in [-0.15, -0.1) is 5.10 Å². The van der Waals surface area contributed by atoms with Crippen molar-refractivity contribution in [3.63, 3.8) is 0 Å². The van der Waals surface area contributed by atoms with Gasteiger partial charge in [-0.05, 0) is 36.6 Å². The zero-order valence-electron chi connectivity index (χ0n) is 18.6. The number of nitrogen functional groups attached to an aromatic ring is 1. The van der Waals surface area contributed by atoms with E-state index in [0.29, 0.717) is 11.2 Å². The van der Waals surface area contributed by atoms with E-state index in [-0.39, 0.29) is 35.9 Å². The van der Waals surface area contributed by atoms with E-state index in [1.165, 1.54) is 16.6 Å². The minimum atomic E-state index is -0.424. The number of benzene rings is 1. The van der Waals surface area contributed by atoms with Gasteiger partial charge in [-0.25, -0.2) is 8.91 Å². The van der Waals surface area contributed by atoms with Crippen molar-refractivity contribution in [3.05, 3.63) is 65.9 Å². The second-order valence-electron chi connectivity index (χ2n) is 8.39. The van der Waals surface area contributed by atoms with Crippen LogP contribution in [-0.2, 0) is 0 Å². The largest absolute Gasteiger partial charge is 0.394 e. The Morgan fingerprint density at radius 3 is 2.58 bits per heavy atom. The molecule has 0 aliphatic rings. The molecular weight excluding hydrogens is 425 g/mol. The Labute approximate surface area is 190 Å². The third-order valence-electron chi connectivity index (χ3n) is 5.41. The van der Waals surface area contributed by atoms with E-state index in [4.69, 9.17) is 5.73 Å². The molecule has 4 N–H and O–H groups in total. The number of nitrogens with zero attached hydrogens (tertiary/aromatic N) is 5. The number of aromatic nitrogens is 5. The van der Waals surface area contributed by atoms with Crippen molar-refractivity contribution < 1.29 is 14.3 Å². The van der Waals surface area contributed by atoms with Gasteiger partial charge in [-0.3, -0.25) is 9.48 Å². The van der Waals surface area contributed by atoms with Crippen LogP contribution >= 0.6 is 0 Å². The molecule has 0 spiro atoms. The molecule has 10 heteroatoms. The van der Waals surface area contributed by atoms with Crippen LogP contribution in [0.2, 0.25) is 0 Å². The lowest BCUT2D eigenvalue weighted by Crippen LogP contribution is -2.35. The Balaban J connectivity index is 1.75. The molecule has 4 rings (SSSR count). The summed E-state index contributed by atoms with van der Waals surface area (Å²) in [5.74, 6) is -0.441. The van der Waals surface area contributed by atoms with Crippen molar-refractivity contribution in [2.45, 2.75) is 32.9 Å². The van der Waals surface area contributed by atoms with Crippen LogP contribution in [0.3, 0.4) is 0 Å². The summed E-state index contributed by atoms with van der Waals surface area (Å²) < 4.78 is 16.7. The van der Waals surface area contributed by atoms with Crippen LogP contribution < -0.4 is 11.1 Å². The summed E-state index contributed by atoms with van der Waals surface area (Å²) in [6.07, 6.45) is 5.32. The summed E-state index contributed by atoms with van der Waals surface area (Å²) in [5.41, 5.74) is 8.77. The number of hydrogen-bond donors (Lipinski definition) is 3. The highest BCUT2D eigenvalue weighted by molar-refractivity contribution is 6.01. The van der Waals surface area contributed by atoms with E-state index in [9.17, 15) is 14.3 Å². The van der Waals surface area contributed by atoms with Crippen LogP contribution in [-0.4, -0.2) is 48.0 Å². The number of nitrogens with two attached hydrogens (primary N) is 1. The monoisotopic (exact) mass is 451 g/mol. The van der Waals surface area contributed by atoms with Crippen LogP contribution in [0.1, 0.15) is 42.7 Å². The van der Waals surface area contributed by atoms with Gasteiger partial charge >= 0.3 is 0 Å². The lowest BCUT2D eigenvalue weighted by Gasteiger charge is -2.22. The van der Waals surface area contributed by atoms with Gasteiger partial charge in [-0.1, -0.05) is 26.0 Å². The van der Waals surface area contributed by atoms with Crippen molar-refractivity contribution in [1.29, 1.82) is 0 Å². The summed E-state index contributed by atoms with van der Waals surface area (Å²) in [6, 6.07) is 7.58. The number of rotatable bonds is 7. The van der Waals surface area contributed by atoms with E-state index in [2.05, 4.69) is 34.3 Å². The fourth-order valence-electron chi connectivity index (χ4n) is 3.82. The topological polar surface area (TPSA) is 123 Å². The average Bonchev–Trinajstić information content (AvgIpc) is 3.40. The third kappa shape index (κ3) is 4.56. The second-order valence-corrected chi connectivity index (χ2v) is 8.39. The van der Waals surface area contributed by atoms with Gasteiger partial charge in [0.15, 0.2) is 5.65 Å². The number of nitrogens with one attached hydrogen (secondary N) is 1. The standard InChI is InChI=1S/C23H26FN7O2/c1-13(2)20(15-4-6-18(24)7-5-15)30-11-17(9-26-30)16-8-19(22(33)27-14(3)12-32)21-28-23(25)29-31(21)10-16/h4-11,13-14,20,32H,12H2,1-3H3,(H2,25,29)(H,27,33)/t14-,20-/m0/s1. The van der Waals surface area contributed by atoms with Crippen molar-refractivity contribution >= 4 is 17.5 Å². The molecule has 0 aliphatic carbocycles. The highest BCUT2D eigenvalue weighted by atomic mass is 19.1. The van der Waals surface area contributed by atoms with Crippen LogP contribution in [0.5, 0.6) is 0 Å². The molecule has 0 saturated heterocycles. The maximum atomic E-state index is 13.4. The minimum Gasteiger partial charge on any atom is -0.394 e. The van der Waals surface area contributed by atoms with Crippen molar-refractivity contribution in [2.75, 3.05) is 12.3 Å². The zero-order valence-corrected chi connectivity index (χ0v) is 18.6. The number of hydrogen-bond acceptors (Lipinski definition) is 6. The van der Waals surface area contributed by atoms with Gasteiger partial charge in [0.25, 0.3) is 5.91 Å². The number of aliphatic hydroxyl groups excluding tert-OH is 1. The van der Waals surface area contributed by atoms with Gasteiger partial charge in [0.05, 0.1) is 24.4 Å². The first-order valence-corrected chi connectivity index (χ1v) is 10.6. The molecule has 9 nitrogen and oxygen atoms in total. The summed E-state index contributed by atoms with van der Waals surface area (Å²) in [4.78, 5) is 17.0. The first-order valence-electron chi connectivity index (χ1n) is 10.6. The first kappa shape index (κ1) is 22.4. The van der Waals surface area contributed by atoms with Gasteiger partial charge in [0.1, 0.15) is 5.82 Å². The Bertz CT molecular complexity index is 1280. The van der Waals surface area contributed by atoms with Gasteiger partial charge in [-0.2, -0.15) is 10.1 Å². The molecule has 0 fully saturated rings. The molecule has 172 valence electrons. The van der Waals surface area contributed by atoms with E-state index in [0.717, 1.165) is 11.1 Å². The summed E-state index contributed by atoms with van der Waals surface area (Å²) in [5, 5.41) is 20.7. The Morgan fingerprint density at radius 1 is 1.18 bits per heavy atom. The van der Waals surface area contributed by atoms with Crippen LogP contribution in [0.4, 0.5) is 10.3 Å². The predicted octanol–water partition coefficient (Wildman–Crippen LogP) is 2.67. The van der Waals surface area contributed by atoms with Gasteiger partial charge in [0, 0.05) is 29.6 Å². The first-order chi connectivity index (χ1) is 15.8. The van der Waals surface area contributed by atoms with E-state index in [1.54, 1.807) is 37.5 Å². The number of carbonyl (C=O) groups is 1. The number of pyridine rings is 1. The maximum absolute atomic E-state index is 13.4. The maximum Gasteiger partial charge on any atom is 0.255 e. The molecule has 33 heavy (non-hydrogen) atoms. The van der Waals surface area contributed by atoms with Gasteiger partial charge in [0.2, 0.25) is 5.95 Å². The number of anilines is 1. The van der Waals surface area contributed by atoms with Crippen molar-refractivity contribution in [2.24, 2.45) is 5.92 Å². The number of fused-ring (bicyclic) bond motifs is 1. The lowest BCUT2D eigenvalue weighted by molar-refractivity contribution is 0.0923. The minimum absolute atomic E-state index is 0.0447. The predicted molar refractivity (Wildman–Crippen MR) is 122 cm³/mol. The molecule has 0 radical (unpaired) electrons. The molecule has 3 heterocycles. The fraction of sp³-hybridized carbons (Fsp3) is 0.304. The Kier molecular flexibility index (Phi) is 6.10. The number of amides is 1. The number of aliphatic hydroxyl groups is 1. The quantitative estimate of drug-likeness (QED) is 0.397. The van der Waals surface area contributed by atoms with Crippen molar-refractivity contribution in [1.82, 2.24) is 29.7 Å². The molecule has 1 aromatic carbocycles. The van der Waals surface area contributed by atoms with E-state index >= 15 is 0 Å². The van der Waals surface area contributed by atoms with Crippen molar-refractivity contribution in [3.8, 4) is 11.1 Å². The normalized spacial score (nSPS) is 13.4. The van der Waals surface area contributed by atoms with Crippen LogP contribution in [0, 0.1) is 11.7 Å². The molecule has 0 unspecified atom stereocenters. The number of carbonyl (C=O) groups excluding carboxylic acids is 1. The third-order valence-corrected chi connectivity index (χ3v) is 5.41. The second kappa shape index (κ2) is 8.99.